The van der Waals surface area contributed by atoms with Crippen LogP contribution in [0.4, 0.5) is 0 Å². The van der Waals surface area contributed by atoms with Gasteiger partial charge in [0.1, 0.15) is 11.5 Å². The van der Waals surface area contributed by atoms with Crippen LogP contribution in [0.5, 0.6) is 11.5 Å². The van der Waals surface area contributed by atoms with Gasteiger partial charge in [-0.15, -0.1) is 0 Å². The molecular weight excluding hydrogens is 436 g/mol. The van der Waals surface area contributed by atoms with Crippen molar-refractivity contribution in [2.45, 2.75) is 19.3 Å². The number of hydrogen-bond acceptors (Lipinski definition) is 1. The zero-order valence-corrected chi connectivity index (χ0v) is 20.3. The van der Waals surface area contributed by atoms with E-state index in [4.69, 9.17) is 4.74 Å². The molecule has 6 aromatic carbocycles. The first kappa shape index (κ1) is 19.9. The zero-order chi connectivity index (χ0) is 24.0. The highest BCUT2D eigenvalue weighted by Gasteiger charge is 2.37. The first-order valence-electron chi connectivity index (χ1n) is 12.6. The van der Waals surface area contributed by atoms with Gasteiger partial charge in [0.15, 0.2) is 0 Å². The number of hydrogen-bond donors (Lipinski definition) is 0. The van der Waals surface area contributed by atoms with E-state index in [1.807, 2.05) is 0 Å². The predicted octanol–water partition coefficient (Wildman–Crippen LogP) is 9.74. The van der Waals surface area contributed by atoms with Gasteiger partial charge in [0.05, 0.1) is 0 Å². The van der Waals surface area contributed by atoms with Crippen LogP contribution in [-0.4, -0.2) is 0 Å². The Balaban J connectivity index is 1.37. The average Bonchev–Trinajstić information content (AvgIpc) is 3.15. The Hall–Kier alpha value is -4.36. The van der Waals surface area contributed by atoms with Crippen molar-refractivity contribution >= 4 is 21.5 Å². The van der Waals surface area contributed by atoms with Crippen molar-refractivity contribution in [3.8, 4) is 44.9 Å². The van der Waals surface area contributed by atoms with Crippen molar-refractivity contribution in [1.29, 1.82) is 0 Å². The molecule has 6 aromatic rings. The van der Waals surface area contributed by atoms with E-state index in [2.05, 4.69) is 123 Å². The summed E-state index contributed by atoms with van der Waals surface area (Å²) in [5, 5.41) is 5.06. The summed E-state index contributed by atoms with van der Waals surface area (Å²) in [4.78, 5) is 0. The van der Waals surface area contributed by atoms with Gasteiger partial charge in [-0.2, -0.15) is 0 Å². The minimum atomic E-state index is -0.0838. The summed E-state index contributed by atoms with van der Waals surface area (Å²) in [5.74, 6) is 1.86. The number of fused-ring (bicyclic) bond motifs is 7. The van der Waals surface area contributed by atoms with Gasteiger partial charge < -0.3 is 4.74 Å². The second-order valence-corrected chi connectivity index (χ2v) is 10.5. The maximum absolute atomic E-state index is 6.44. The van der Waals surface area contributed by atoms with E-state index in [1.54, 1.807) is 0 Å². The van der Waals surface area contributed by atoms with Crippen LogP contribution in [0.2, 0.25) is 0 Å². The third-order valence-corrected chi connectivity index (χ3v) is 8.23. The molecule has 170 valence electrons. The summed E-state index contributed by atoms with van der Waals surface area (Å²) in [6.07, 6.45) is 0. The minimum Gasteiger partial charge on any atom is -0.456 e. The van der Waals surface area contributed by atoms with Gasteiger partial charge in [0, 0.05) is 16.4 Å². The predicted molar refractivity (Wildman–Crippen MR) is 150 cm³/mol. The largest absolute Gasteiger partial charge is 0.456 e. The maximum atomic E-state index is 6.44. The lowest BCUT2D eigenvalue weighted by molar-refractivity contribution is 0.487. The molecule has 0 N–H and O–H groups in total. The quantitative estimate of drug-likeness (QED) is 0.237. The van der Waals surface area contributed by atoms with Gasteiger partial charge in [-0.25, -0.2) is 0 Å². The highest BCUT2D eigenvalue weighted by Crippen LogP contribution is 2.54. The molecule has 1 nitrogen and oxygen atoms in total. The number of benzene rings is 6. The SMILES string of the molecule is CC1(C)c2cc(-c3cccc4c3-c3cccc5cccc(c35)O4)ccc2-c2ccc3ccccc3c21. The first-order valence-corrected chi connectivity index (χ1v) is 12.6. The molecule has 1 aliphatic carbocycles. The fraction of sp³-hybridized carbons (Fsp3) is 0.0857. The highest BCUT2D eigenvalue weighted by molar-refractivity contribution is 6.07. The van der Waals surface area contributed by atoms with Crippen LogP contribution >= 0.6 is 0 Å². The van der Waals surface area contributed by atoms with Crippen molar-refractivity contribution in [3.63, 3.8) is 0 Å². The number of ether oxygens (including phenoxy) is 1. The van der Waals surface area contributed by atoms with E-state index in [0.717, 1.165) is 11.5 Å². The van der Waals surface area contributed by atoms with Gasteiger partial charge in [0.25, 0.3) is 0 Å². The van der Waals surface area contributed by atoms with Gasteiger partial charge in [-0.05, 0) is 73.3 Å². The van der Waals surface area contributed by atoms with E-state index in [9.17, 15) is 0 Å². The summed E-state index contributed by atoms with van der Waals surface area (Å²) in [6.45, 7) is 4.74. The monoisotopic (exact) mass is 460 g/mol. The highest BCUT2D eigenvalue weighted by atomic mass is 16.5. The van der Waals surface area contributed by atoms with E-state index >= 15 is 0 Å². The van der Waals surface area contributed by atoms with Crippen molar-refractivity contribution < 1.29 is 4.74 Å². The van der Waals surface area contributed by atoms with Crippen LogP contribution in [0, 0.1) is 0 Å². The Labute approximate surface area is 210 Å². The lowest BCUT2D eigenvalue weighted by Crippen LogP contribution is -2.15. The molecule has 2 aliphatic rings. The molecule has 36 heavy (non-hydrogen) atoms. The van der Waals surface area contributed by atoms with Crippen LogP contribution in [0.25, 0.3) is 54.9 Å². The fourth-order valence-electron chi connectivity index (χ4n) is 6.62. The molecule has 0 saturated carbocycles. The second kappa shape index (κ2) is 6.86. The molecular formula is C35H24O. The van der Waals surface area contributed by atoms with Crippen molar-refractivity contribution in [3.05, 3.63) is 120 Å². The molecule has 1 heteroatoms. The van der Waals surface area contributed by atoms with Gasteiger partial charge in [0.2, 0.25) is 0 Å². The van der Waals surface area contributed by atoms with Crippen LogP contribution in [0.3, 0.4) is 0 Å². The van der Waals surface area contributed by atoms with Crippen LogP contribution in [-0.2, 0) is 5.41 Å². The molecule has 0 atom stereocenters. The lowest BCUT2D eigenvalue weighted by Gasteiger charge is -2.25. The fourth-order valence-corrected chi connectivity index (χ4v) is 6.62. The Morgan fingerprint density at radius 3 is 2.19 bits per heavy atom. The van der Waals surface area contributed by atoms with Gasteiger partial charge >= 0.3 is 0 Å². The first-order chi connectivity index (χ1) is 17.6. The third-order valence-electron chi connectivity index (χ3n) is 8.23. The molecule has 1 aliphatic heterocycles. The van der Waals surface area contributed by atoms with Crippen LogP contribution < -0.4 is 4.74 Å². The maximum Gasteiger partial charge on any atom is 0.135 e. The van der Waals surface area contributed by atoms with E-state index < -0.39 is 0 Å². The molecule has 0 saturated heterocycles. The Morgan fingerprint density at radius 2 is 1.28 bits per heavy atom. The molecule has 0 spiro atoms. The van der Waals surface area contributed by atoms with E-state index in [-0.39, 0.29) is 5.41 Å². The molecule has 8 rings (SSSR count). The summed E-state index contributed by atoms with van der Waals surface area (Å²) in [5.41, 5.74) is 10.3. The lowest BCUT2D eigenvalue weighted by atomic mass is 9.79. The van der Waals surface area contributed by atoms with Crippen molar-refractivity contribution in [1.82, 2.24) is 0 Å². The summed E-state index contributed by atoms with van der Waals surface area (Å²) in [6, 6.07) is 39.7. The van der Waals surface area contributed by atoms with Gasteiger partial charge in [-0.3, -0.25) is 0 Å². The van der Waals surface area contributed by atoms with Crippen LogP contribution in [0.15, 0.2) is 109 Å². The molecule has 0 amide bonds. The standard InChI is InChI=1S/C35H24O/c1-35(2)29-20-23(17-18-26(29)27-19-16-21-8-3-4-11-25(21)34(27)35)24-12-7-15-31-33(24)28-13-5-9-22-10-6-14-30(36-31)32(22)28/h3-20H,1-2H3. The molecule has 0 unspecified atom stereocenters. The van der Waals surface area contributed by atoms with Crippen molar-refractivity contribution in [2.75, 3.05) is 0 Å². The van der Waals surface area contributed by atoms with E-state index in [1.165, 1.54) is 66.1 Å². The van der Waals surface area contributed by atoms with Crippen LogP contribution in [0.1, 0.15) is 25.0 Å². The zero-order valence-electron chi connectivity index (χ0n) is 20.3. The second-order valence-electron chi connectivity index (χ2n) is 10.5. The summed E-state index contributed by atoms with van der Waals surface area (Å²) in [7, 11) is 0. The van der Waals surface area contributed by atoms with Crippen molar-refractivity contribution in [2.24, 2.45) is 0 Å². The molecule has 0 aromatic heterocycles. The number of rotatable bonds is 1. The Morgan fingerprint density at radius 1 is 0.556 bits per heavy atom. The van der Waals surface area contributed by atoms with E-state index in [0.29, 0.717) is 0 Å². The Kier molecular flexibility index (Phi) is 3.79. The third kappa shape index (κ3) is 2.50. The summed E-state index contributed by atoms with van der Waals surface area (Å²) < 4.78 is 6.44. The topological polar surface area (TPSA) is 9.23 Å². The molecule has 0 radical (unpaired) electrons. The molecule has 0 bridgehead atoms. The van der Waals surface area contributed by atoms with Gasteiger partial charge in [-0.1, -0.05) is 105 Å². The normalized spacial score (nSPS) is 14.3. The Bertz CT molecular complexity index is 1880. The molecule has 0 fully saturated rings. The molecule has 1 heterocycles. The minimum absolute atomic E-state index is 0.0838. The average molecular weight is 461 g/mol. The smallest absolute Gasteiger partial charge is 0.135 e. The summed E-state index contributed by atoms with van der Waals surface area (Å²) >= 11 is 0.